The van der Waals surface area contributed by atoms with Gasteiger partial charge in [0.15, 0.2) is 0 Å². The van der Waals surface area contributed by atoms with Gasteiger partial charge in [-0.25, -0.2) is 0 Å². The van der Waals surface area contributed by atoms with Crippen molar-refractivity contribution >= 4 is 21.6 Å². The Kier molecular flexibility index (Phi) is 9.90. The fourth-order valence-electron chi connectivity index (χ4n) is 1.57. The Balaban J connectivity index is 3.47. The molecular weight excluding hydrogens is 258 g/mol. The van der Waals surface area contributed by atoms with E-state index in [0.29, 0.717) is 11.0 Å². The molecule has 0 aromatic rings. The molecule has 0 aromatic carbocycles. The van der Waals surface area contributed by atoms with Crippen molar-refractivity contribution in [3.8, 4) is 0 Å². The van der Waals surface area contributed by atoms with E-state index in [-0.39, 0.29) is 0 Å². The van der Waals surface area contributed by atoms with Crippen LogP contribution < -0.4 is 5.32 Å². The van der Waals surface area contributed by atoms with Crippen LogP contribution in [0.2, 0.25) is 0 Å². The molecular formula is C15H33NS2. The summed E-state index contributed by atoms with van der Waals surface area (Å²) in [6.45, 7) is 15.0. The summed E-state index contributed by atoms with van der Waals surface area (Å²) in [4.78, 5) is 0. The van der Waals surface area contributed by atoms with Crippen LogP contribution in [0.25, 0.3) is 0 Å². The minimum Gasteiger partial charge on any atom is -0.311 e. The summed E-state index contributed by atoms with van der Waals surface area (Å²) in [5.74, 6) is 2.50. The lowest BCUT2D eigenvalue weighted by Gasteiger charge is -2.26. The first-order valence-electron chi connectivity index (χ1n) is 7.38. The van der Waals surface area contributed by atoms with E-state index in [0.717, 1.165) is 6.54 Å². The molecule has 0 spiro atoms. The largest absolute Gasteiger partial charge is 0.311 e. The van der Waals surface area contributed by atoms with Crippen molar-refractivity contribution in [1.29, 1.82) is 0 Å². The maximum Gasteiger partial charge on any atom is 0.0163 e. The average Bonchev–Trinajstić information content (AvgIpc) is 2.37. The lowest BCUT2D eigenvalue weighted by Crippen LogP contribution is -2.39. The van der Waals surface area contributed by atoms with Gasteiger partial charge < -0.3 is 5.32 Å². The third-order valence-corrected chi connectivity index (χ3v) is 6.66. The highest BCUT2D eigenvalue weighted by Crippen LogP contribution is 2.33. The minimum atomic E-state index is 0.300. The van der Waals surface area contributed by atoms with Crippen LogP contribution in [0.1, 0.15) is 67.2 Å². The predicted molar refractivity (Wildman–Crippen MR) is 90.6 cm³/mol. The smallest absolute Gasteiger partial charge is 0.0163 e. The maximum absolute atomic E-state index is 3.60. The monoisotopic (exact) mass is 291 g/mol. The normalized spacial score (nSPS) is 13.0. The first-order chi connectivity index (χ1) is 8.39. The number of rotatable bonds is 11. The van der Waals surface area contributed by atoms with Crippen molar-refractivity contribution < 1.29 is 0 Å². The van der Waals surface area contributed by atoms with E-state index < -0.39 is 0 Å². The van der Waals surface area contributed by atoms with Crippen LogP contribution in [0.15, 0.2) is 0 Å². The van der Waals surface area contributed by atoms with Crippen LogP contribution in [0.4, 0.5) is 0 Å². The molecule has 0 saturated carbocycles. The van der Waals surface area contributed by atoms with Crippen molar-refractivity contribution in [2.24, 2.45) is 5.41 Å². The number of nitrogens with one attached hydrogen (secondary N) is 1. The second-order valence-electron chi connectivity index (χ2n) is 6.08. The molecule has 0 atom stereocenters. The quantitative estimate of drug-likeness (QED) is 0.406. The van der Waals surface area contributed by atoms with E-state index in [2.05, 4.69) is 46.9 Å². The Hall–Kier alpha value is 0.660. The summed E-state index contributed by atoms with van der Waals surface area (Å²) < 4.78 is 0. The summed E-state index contributed by atoms with van der Waals surface area (Å²) in [5.41, 5.74) is 0.865. The molecule has 1 nitrogen and oxygen atoms in total. The zero-order chi connectivity index (χ0) is 14.1. The van der Waals surface area contributed by atoms with Gasteiger partial charge in [0.2, 0.25) is 0 Å². The van der Waals surface area contributed by atoms with Gasteiger partial charge in [0.1, 0.15) is 0 Å². The van der Waals surface area contributed by atoms with Crippen molar-refractivity contribution in [3.63, 3.8) is 0 Å². The first kappa shape index (κ1) is 18.7. The van der Waals surface area contributed by atoms with Gasteiger partial charge in [-0.2, -0.15) is 0 Å². The molecule has 0 aliphatic heterocycles. The van der Waals surface area contributed by atoms with Gasteiger partial charge in [0.25, 0.3) is 0 Å². The lowest BCUT2D eigenvalue weighted by atomic mass is 9.82. The van der Waals surface area contributed by atoms with Crippen LogP contribution in [-0.4, -0.2) is 23.6 Å². The zero-order valence-corrected chi connectivity index (χ0v) is 14.9. The Morgan fingerprint density at radius 1 is 0.833 bits per heavy atom. The molecule has 0 heterocycles. The molecule has 0 unspecified atom stereocenters. The second-order valence-corrected chi connectivity index (χ2v) is 8.78. The molecule has 1 N–H and O–H groups in total. The summed E-state index contributed by atoms with van der Waals surface area (Å²) in [7, 11) is 4.07. The van der Waals surface area contributed by atoms with Gasteiger partial charge >= 0.3 is 0 Å². The second kappa shape index (κ2) is 9.55. The Labute approximate surface area is 123 Å². The summed E-state index contributed by atoms with van der Waals surface area (Å²) in [5, 5.41) is 3.60. The van der Waals surface area contributed by atoms with E-state index in [9.17, 15) is 0 Å². The van der Waals surface area contributed by atoms with E-state index >= 15 is 0 Å². The highest BCUT2D eigenvalue weighted by molar-refractivity contribution is 8.76. The Bertz CT molecular complexity index is 201. The molecule has 0 aliphatic rings. The van der Waals surface area contributed by atoms with Crippen molar-refractivity contribution in [2.75, 3.05) is 18.1 Å². The highest BCUT2D eigenvalue weighted by Gasteiger charge is 2.18. The van der Waals surface area contributed by atoms with Crippen LogP contribution >= 0.6 is 21.6 Å². The third-order valence-electron chi connectivity index (χ3n) is 4.25. The predicted octanol–water partition coefficient (Wildman–Crippen LogP) is 5.36. The maximum atomic E-state index is 3.60. The van der Waals surface area contributed by atoms with Crippen LogP contribution in [0.5, 0.6) is 0 Å². The molecule has 0 saturated heterocycles. The molecule has 0 bridgehead atoms. The zero-order valence-electron chi connectivity index (χ0n) is 13.3. The SMILES string of the molecule is CCC(C)(CC)CCSSCCNC(C)(C)CC. The van der Waals surface area contributed by atoms with Crippen LogP contribution in [0.3, 0.4) is 0 Å². The average molecular weight is 292 g/mol. The first-order valence-corrected chi connectivity index (χ1v) is 9.87. The molecule has 110 valence electrons. The fraction of sp³-hybridized carbons (Fsp3) is 1.00. The molecule has 0 amide bonds. The van der Waals surface area contributed by atoms with E-state index in [1.807, 2.05) is 21.6 Å². The summed E-state index contributed by atoms with van der Waals surface area (Å²) in [6, 6.07) is 0. The third kappa shape index (κ3) is 8.71. The molecule has 0 radical (unpaired) electrons. The van der Waals surface area contributed by atoms with Gasteiger partial charge in [-0.3, -0.25) is 0 Å². The van der Waals surface area contributed by atoms with Crippen LogP contribution in [-0.2, 0) is 0 Å². The van der Waals surface area contributed by atoms with Crippen LogP contribution in [0, 0.1) is 5.41 Å². The summed E-state index contributed by atoms with van der Waals surface area (Å²) in [6.07, 6.45) is 5.16. The van der Waals surface area contributed by atoms with Crippen molar-refractivity contribution in [2.45, 2.75) is 72.8 Å². The molecule has 0 aliphatic carbocycles. The van der Waals surface area contributed by atoms with E-state index in [4.69, 9.17) is 0 Å². The summed E-state index contributed by atoms with van der Waals surface area (Å²) >= 11 is 0. The molecule has 0 aromatic heterocycles. The molecule has 18 heavy (non-hydrogen) atoms. The fourth-order valence-corrected chi connectivity index (χ4v) is 3.77. The molecule has 0 rings (SSSR count). The number of hydrogen-bond donors (Lipinski definition) is 1. The van der Waals surface area contributed by atoms with Gasteiger partial charge in [-0.1, -0.05) is 62.1 Å². The standard InChI is InChI=1S/C15H33NS2/c1-7-14(4,5)16-11-13-18-17-12-10-15(6,8-2)9-3/h16H,7-13H2,1-6H3. The van der Waals surface area contributed by atoms with Crippen molar-refractivity contribution in [3.05, 3.63) is 0 Å². The molecule has 0 fully saturated rings. The van der Waals surface area contributed by atoms with E-state index in [1.165, 1.54) is 37.2 Å². The molecule has 3 heteroatoms. The van der Waals surface area contributed by atoms with E-state index in [1.54, 1.807) is 0 Å². The van der Waals surface area contributed by atoms with Crippen molar-refractivity contribution in [1.82, 2.24) is 5.32 Å². The van der Waals surface area contributed by atoms with Gasteiger partial charge in [0.05, 0.1) is 0 Å². The Morgan fingerprint density at radius 3 is 1.89 bits per heavy atom. The number of hydrogen-bond acceptors (Lipinski definition) is 3. The highest BCUT2D eigenvalue weighted by atomic mass is 33.1. The Morgan fingerprint density at radius 2 is 1.39 bits per heavy atom. The lowest BCUT2D eigenvalue weighted by molar-refractivity contribution is 0.289. The van der Waals surface area contributed by atoms with Gasteiger partial charge in [0, 0.05) is 23.6 Å². The van der Waals surface area contributed by atoms with Gasteiger partial charge in [-0.05, 0) is 32.1 Å². The minimum absolute atomic E-state index is 0.300. The van der Waals surface area contributed by atoms with Gasteiger partial charge in [-0.15, -0.1) is 0 Å². The topological polar surface area (TPSA) is 12.0 Å².